The maximum absolute atomic E-state index is 13.9. The van der Waals surface area contributed by atoms with E-state index >= 15 is 0 Å². The molecule has 1 saturated heterocycles. The van der Waals surface area contributed by atoms with Crippen LogP contribution in [-0.2, 0) is 0 Å². The lowest BCUT2D eigenvalue weighted by Crippen LogP contribution is -2.48. The zero-order valence-electron chi connectivity index (χ0n) is 14.7. The molecule has 8 heteroatoms. The van der Waals surface area contributed by atoms with E-state index in [1.54, 1.807) is 6.07 Å². The third kappa shape index (κ3) is 2.94. The van der Waals surface area contributed by atoms with Gasteiger partial charge in [-0.2, -0.15) is 0 Å². The number of thiophene rings is 1. The van der Waals surface area contributed by atoms with Gasteiger partial charge >= 0.3 is 0 Å². The molecule has 1 aliphatic rings. The predicted octanol–water partition coefficient (Wildman–Crippen LogP) is 5.27. The molecule has 1 amide bonds. The maximum Gasteiger partial charge on any atom is 0.265 e. The van der Waals surface area contributed by atoms with Crippen molar-refractivity contribution in [1.82, 2.24) is 9.88 Å². The Balaban J connectivity index is 1.34. The van der Waals surface area contributed by atoms with Gasteiger partial charge in [0.15, 0.2) is 5.13 Å². The highest BCUT2D eigenvalue weighted by Gasteiger charge is 2.27. The van der Waals surface area contributed by atoms with E-state index in [-0.39, 0.29) is 11.7 Å². The van der Waals surface area contributed by atoms with Crippen molar-refractivity contribution in [3.05, 3.63) is 58.2 Å². The number of carbonyl (C=O) groups is 1. The molecule has 5 rings (SSSR count). The first kappa shape index (κ1) is 17.8. The molecule has 3 heterocycles. The van der Waals surface area contributed by atoms with Gasteiger partial charge in [-0.15, -0.1) is 11.3 Å². The topological polar surface area (TPSA) is 36.4 Å². The van der Waals surface area contributed by atoms with E-state index in [1.807, 2.05) is 35.2 Å². The van der Waals surface area contributed by atoms with E-state index in [4.69, 9.17) is 11.6 Å². The second kappa shape index (κ2) is 6.99. The first-order valence-corrected chi connectivity index (χ1v) is 10.9. The Morgan fingerprint density at radius 1 is 1.00 bits per heavy atom. The number of halogens is 2. The van der Waals surface area contributed by atoms with Crippen LogP contribution < -0.4 is 4.90 Å². The van der Waals surface area contributed by atoms with Gasteiger partial charge in [0, 0.05) is 36.3 Å². The van der Waals surface area contributed by atoms with Crippen molar-refractivity contribution in [3.63, 3.8) is 0 Å². The molecule has 0 unspecified atom stereocenters. The highest BCUT2D eigenvalue weighted by Crippen LogP contribution is 2.36. The fourth-order valence-corrected chi connectivity index (χ4v) is 5.95. The molecule has 2 aromatic heterocycles. The van der Waals surface area contributed by atoms with Crippen molar-refractivity contribution < 1.29 is 9.18 Å². The quantitative estimate of drug-likeness (QED) is 0.434. The van der Waals surface area contributed by atoms with Crippen LogP contribution in [0.4, 0.5) is 9.52 Å². The first-order valence-electron chi connectivity index (χ1n) is 8.88. The number of piperazine rings is 1. The molecular formula is C20H15ClFN3OS2. The van der Waals surface area contributed by atoms with Gasteiger partial charge in [0.2, 0.25) is 0 Å². The van der Waals surface area contributed by atoms with Crippen molar-refractivity contribution in [2.45, 2.75) is 0 Å². The Kier molecular flexibility index (Phi) is 4.45. The van der Waals surface area contributed by atoms with E-state index in [1.165, 1.54) is 28.7 Å². The van der Waals surface area contributed by atoms with E-state index in [0.29, 0.717) is 41.6 Å². The smallest absolute Gasteiger partial charge is 0.265 e. The molecule has 0 saturated carbocycles. The van der Waals surface area contributed by atoms with Gasteiger partial charge in [-0.25, -0.2) is 9.37 Å². The molecule has 2 aromatic carbocycles. The van der Waals surface area contributed by atoms with Crippen LogP contribution in [0.15, 0.2) is 42.5 Å². The van der Waals surface area contributed by atoms with Crippen LogP contribution in [0.2, 0.25) is 5.02 Å². The number of hydrogen-bond donors (Lipinski definition) is 0. The van der Waals surface area contributed by atoms with Gasteiger partial charge in [0.25, 0.3) is 5.91 Å². The molecule has 0 aliphatic carbocycles. The molecule has 142 valence electrons. The van der Waals surface area contributed by atoms with Crippen LogP contribution >= 0.6 is 34.3 Å². The summed E-state index contributed by atoms with van der Waals surface area (Å²) in [7, 11) is 0. The number of hydrogen-bond acceptors (Lipinski definition) is 5. The minimum atomic E-state index is -0.298. The molecule has 0 radical (unpaired) electrons. The summed E-state index contributed by atoms with van der Waals surface area (Å²) in [6.45, 7) is 2.50. The van der Waals surface area contributed by atoms with Gasteiger partial charge in [0.05, 0.1) is 9.72 Å². The van der Waals surface area contributed by atoms with Crippen LogP contribution in [0.1, 0.15) is 9.67 Å². The second-order valence-corrected chi connectivity index (χ2v) is 9.04. The summed E-state index contributed by atoms with van der Waals surface area (Å²) in [5, 5.41) is 2.26. The summed E-state index contributed by atoms with van der Waals surface area (Å²) < 4.78 is 15.8. The van der Waals surface area contributed by atoms with Crippen LogP contribution in [0.3, 0.4) is 0 Å². The third-order valence-electron chi connectivity index (χ3n) is 4.93. The summed E-state index contributed by atoms with van der Waals surface area (Å²) in [5.41, 5.74) is 0.415. The first-order chi connectivity index (χ1) is 13.6. The van der Waals surface area contributed by atoms with Crippen molar-refractivity contribution in [2.24, 2.45) is 0 Å². The molecule has 4 aromatic rings. The van der Waals surface area contributed by atoms with Crippen molar-refractivity contribution >= 4 is 65.6 Å². The summed E-state index contributed by atoms with van der Waals surface area (Å²) >= 11 is 9.38. The zero-order chi connectivity index (χ0) is 19.3. The molecule has 1 fully saturated rings. The number of para-hydroxylation sites is 1. The van der Waals surface area contributed by atoms with Gasteiger partial charge in [-0.1, -0.05) is 47.2 Å². The van der Waals surface area contributed by atoms with Gasteiger partial charge in [-0.3, -0.25) is 4.79 Å². The van der Waals surface area contributed by atoms with E-state index < -0.39 is 0 Å². The Hall–Kier alpha value is -2.22. The fourth-order valence-electron chi connectivity index (χ4n) is 3.43. The molecule has 28 heavy (non-hydrogen) atoms. The average molecular weight is 432 g/mol. The number of thiazole rings is 1. The summed E-state index contributed by atoms with van der Waals surface area (Å²) in [6.07, 6.45) is 0. The SMILES string of the molecule is O=C(c1sc2ccccc2c1Cl)N1CCN(c2nc3c(F)cccc3s2)CC1. The van der Waals surface area contributed by atoms with Crippen LogP contribution in [0.5, 0.6) is 0 Å². The summed E-state index contributed by atoms with van der Waals surface area (Å²) in [4.78, 5) is 22.0. The lowest BCUT2D eigenvalue weighted by atomic mass is 10.2. The molecule has 0 atom stereocenters. The van der Waals surface area contributed by atoms with E-state index in [0.717, 1.165) is 19.9 Å². The summed E-state index contributed by atoms with van der Waals surface area (Å²) in [5.74, 6) is -0.325. The van der Waals surface area contributed by atoms with Crippen LogP contribution in [0, 0.1) is 5.82 Å². The molecule has 0 N–H and O–H groups in total. The van der Waals surface area contributed by atoms with Crippen molar-refractivity contribution in [3.8, 4) is 0 Å². The van der Waals surface area contributed by atoms with Gasteiger partial charge in [0.1, 0.15) is 16.2 Å². The minimum absolute atomic E-state index is 0.0267. The highest BCUT2D eigenvalue weighted by molar-refractivity contribution is 7.22. The Morgan fingerprint density at radius 3 is 2.50 bits per heavy atom. The Bertz CT molecular complexity index is 1200. The van der Waals surface area contributed by atoms with Gasteiger partial charge < -0.3 is 9.80 Å². The zero-order valence-corrected chi connectivity index (χ0v) is 17.1. The number of nitrogens with zero attached hydrogens (tertiary/aromatic N) is 3. The number of aromatic nitrogens is 1. The largest absolute Gasteiger partial charge is 0.345 e. The lowest BCUT2D eigenvalue weighted by Gasteiger charge is -2.34. The predicted molar refractivity (Wildman–Crippen MR) is 115 cm³/mol. The number of rotatable bonds is 2. The number of benzene rings is 2. The number of anilines is 1. The van der Waals surface area contributed by atoms with Crippen molar-refractivity contribution in [1.29, 1.82) is 0 Å². The van der Waals surface area contributed by atoms with Gasteiger partial charge in [-0.05, 0) is 18.2 Å². The van der Waals surface area contributed by atoms with Crippen LogP contribution in [0.25, 0.3) is 20.3 Å². The standard InChI is InChI=1S/C20H15ClFN3OS2/c21-16-12-4-1-2-6-14(12)27-18(16)19(26)24-8-10-25(11-9-24)20-23-17-13(22)5-3-7-15(17)28-20/h1-7H,8-11H2. The molecule has 4 nitrogen and oxygen atoms in total. The molecule has 1 aliphatic heterocycles. The fraction of sp³-hybridized carbons (Fsp3) is 0.200. The Labute approximate surface area is 173 Å². The number of amides is 1. The molecular weight excluding hydrogens is 417 g/mol. The average Bonchev–Trinajstić information content (AvgIpc) is 3.31. The number of carbonyl (C=O) groups excluding carboxylic acids is 1. The number of fused-ring (bicyclic) bond motifs is 2. The van der Waals surface area contributed by atoms with E-state index in [9.17, 15) is 9.18 Å². The van der Waals surface area contributed by atoms with Crippen LogP contribution in [-0.4, -0.2) is 42.0 Å². The molecule has 0 spiro atoms. The van der Waals surface area contributed by atoms with E-state index in [2.05, 4.69) is 9.88 Å². The highest BCUT2D eigenvalue weighted by atomic mass is 35.5. The molecule has 0 bridgehead atoms. The summed E-state index contributed by atoms with van der Waals surface area (Å²) in [6, 6.07) is 12.8. The second-order valence-electron chi connectivity index (χ2n) is 6.60. The Morgan fingerprint density at radius 2 is 1.75 bits per heavy atom. The minimum Gasteiger partial charge on any atom is -0.345 e. The lowest BCUT2D eigenvalue weighted by molar-refractivity contribution is 0.0752. The van der Waals surface area contributed by atoms with Crippen molar-refractivity contribution in [2.75, 3.05) is 31.1 Å². The normalized spacial score (nSPS) is 14.9. The third-order valence-corrected chi connectivity index (χ3v) is 7.67. The maximum atomic E-state index is 13.9. The monoisotopic (exact) mass is 431 g/mol.